The number of thiophene rings is 1. The summed E-state index contributed by atoms with van der Waals surface area (Å²) in [5, 5.41) is 5.17. The van der Waals surface area contributed by atoms with Crippen molar-refractivity contribution in [1.29, 1.82) is 0 Å². The SMILES string of the molecule is COc1ccc(OCC(=O)N/N=C\c2ccc(N3CCOCC3)s2)cc1. The van der Waals surface area contributed by atoms with Crippen LogP contribution in [0.5, 0.6) is 11.5 Å². The monoisotopic (exact) mass is 375 g/mol. The number of hydrogen-bond donors (Lipinski definition) is 1. The molecule has 1 aromatic heterocycles. The second-order valence-corrected chi connectivity index (χ2v) is 6.63. The highest BCUT2D eigenvalue weighted by molar-refractivity contribution is 7.17. The molecule has 0 aliphatic carbocycles. The lowest BCUT2D eigenvalue weighted by molar-refractivity contribution is -0.123. The van der Waals surface area contributed by atoms with E-state index in [1.165, 1.54) is 5.00 Å². The number of rotatable bonds is 7. The van der Waals surface area contributed by atoms with Crippen LogP contribution in [0.15, 0.2) is 41.5 Å². The lowest BCUT2D eigenvalue weighted by Gasteiger charge is -2.27. The van der Waals surface area contributed by atoms with Crippen molar-refractivity contribution in [3.05, 3.63) is 41.3 Å². The highest BCUT2D eigenvalue weighted by Gasteiger charge is 2.12. The Bertz CT molecular complexity index is 739. The number of benzene rings is 1. The zero-order valence-corrected chi connectivity index (χ0v) is 15.3. The molecular weight excluding hydrogens is 354 g/mol. The van der Waals surface area contributed by atoms with Crippen LogP contribution in [0.2, 0.25) is 0 Å². The van der Waals surface area contributed by atoms with E-state index in [1.807, 2.05) is 6.07 Å². The number of carbonyl (C=O) groups is 1. The van der Waals surface area contributed by atoms with Gasteiger partial charge in [0.1, 0.15) is 11.5 Å². The molecule has 0 unspecified atom stereocenters. The van der Waals surface area contributed by atoms with Crippen molar-refractivity contribution in [3.8, 4) is 11.5 Å². The summed E-state index contributed by atoms with van der Waals surface area (Å²) >= 11 is 1.63. The summed E-state index contributed by atoms with van der Waals surface area (Å²) in [7, 11) is 1.60. The molecule has 8 heteroatoms. The minimum atomic E-state index is -0.318. The average Bonchev–Trinajstić information content (AvgIpc) is 3.16. The van der Waals surface area contributed by atoms with Crippen LogP contribution in [0, 0.1) is 0 Å². The van der Waals surface area contributed by atoms with Crippen molar-refractivity contribution in [1.82, 2.24) is 5.43 Å². The number of ether oxygens (including phenoxy) is 3. The standard InChI is InChI=1S/C18H21N3O4S/c1-23-14-2-4-15(5-3-14)25-13-17(22)20-19-12-16-6-7-18(26-16)21-8-10-24-11-9-21/h2-7,12H,8-11,13H2,1H3,(H,20,22)/b19-12-. The van der Waals surface area contributed by atoms with Crippen LogP contribution in [0.25, 0.3) is 0 Å². The predicted molar refractivity (Wildman–Crippen MR) is 102 cm³/mol. The van der Waals surface area contributed by atoms with E-state index in [1.54, 1.807) is 48.9 Å². The predicted octanol–water partition coefficient (Wildman–Crippen LogP) is 2.12. The van der Waals surface area contributed by atoms with Crippen LogP contribution in [0.4, 0.5) is 5.00 Å². The summed E-state index contributed by atoms with van der Waals surface area (Å²) in [6, 6.07) is 11.1. The van der Waals surface area contributed by atoms with Gasteiger partial charge in [0, 0.05) is 18.0 Å². The van der Waals surface area contributed by atoms with Gasteiger partial charge in [-0.1, -0.05) is 0 Å². The van der Waals surface area contributed by atoms with Crippen molar-refractivity contribution in [3.63, 3.8) is 0 Å². The molecule has 7 nitrogen and oxygen atoms in total. The number of morpholine rings is 1. The lowest BCUT2D eigenvalue weighted by Crippen LogP contribution is -2.35. The maximum absolute atomic E-state index is 11.8. The fourth-order valence-corrected chi connectivity index (χ4v) is 3.32. The van der Waals surface area contributed by atoms with Gasteiger partial charge in [-0.3, -0.25) is 4.79 Å². The Hall–Kier alpha value is -2.58. The highest BCUT2D eigenvalue weighted by Crippen LogP contribution is 2.25. The van der Waals surface area contributed by atoms with Crippen molar-refractivity contribution < 1.29 is 19.0 Å². The molecule has 0 bridgehead atoms. The molecule has 26 heavy (non-hydrogen) atoms. The number of hydrazone groups is 1. The smallest absolute Gasteiger partial charge is 0.277 e. The second-order valence-electron chi connectivity index (χ2n) is 5.53. The van der Waals surface area contributed by atoms with Crippen molar-refractivity contribution >= 4 is 28.5 Å². The van der Waals surface area contributed by atoms with E-state index in [-0.39, 0.29) is 12.5 Å². The fourth-order valence-electron chi connectivity index (χ4n) is 2.39. The molecule has 3 rings (SSSR count). The Labute approximate surface area is 156 Å². The van der Waals surface area contributed by atoms with Crippen molar-refractivity contribution in [2.45, 2.75) is 0 Å². The Morgan fingerprint density at radius 2 is 1.96 bits per heavy atom. The van der Waals surface area contributed by atoms with Gasteiger partial charge in [0.25, 0.3) is 5.91 Å². The van der Waals surface area contributed by atoms with Gasteiger partial charge >= 0.3 is 0 Å². The van der Waals surface area contributed by atoms with E-state index in [0.717, 1.165) is 36.9 Å². The van der Waals surface area contributed by atoms with Gasteiger partial charge < -0.3 is 19.1 Å². The summed E-state index contributed by atoms with van der Waals surface area (Å²) in [6.07, 6.45) is 1.64. The topological polar surface area (TPSA) is 72.4 Å². The van der Waals surface area contributed by atoms with E-state index >= 15 is 0 Å². The Morgan fingerprint density at radius 3 is 2.69 bits per heavy atom. The van der Waals surface area contributed by atoms with Crippen molar-refractivity contribution in [2.75, 3.05) is 44.9 Å². The van der Waals surface area contributed by atoms with Crippen LogP contribution >= 0.6 is 11.3 Å². The first-order valence-corrected chi connectivity index (χ1v) is 9.07. The number of methoxy groups -OCH3 is 1. The molecule has 0 saturated carbocycles. The minimum absolute atomic E-state index is 0.104. The molecule has 1 amide bonds. The molecule has 0 radical (unpaired) electrons. The van der Waals surface area contributed by atoms with E-state index < -0.39 is 0 Å². The van der Waals surface area contributed by atoms with E-state index in [4.69, 9.17) is 14.2 Å². The first-order chi connectivity index (χ1) is 12.7. The summed E-state index contributed by atoms with van der Waals surface area (Å²) < 4.78 is 15.8. The number of amides is 1. The van der Waals surface area contributed by atoms with E-state index in [2.05, 4.69) is 21.5 Å². The number of nitrogens with zero attached hydrogens (tertiary/aromatic N) is 2. The van der Waals surface area contributed by atoms with E-state index in [9.17, 15) is 4.79 Å². The molecule has 1 saturated heterocycles. The summed E-state index contributed by atoms with van der Waals surface area (Å²) in [4.78, 5) is 15.0. The maximum Gasteiger partial charge on any atom is 0.277 e. The molecule has 1 aliphatic rings. The summed E-state index contributed by atoms with van der Waals surface area (Å²) in [5.41, 5.74) is 2.47. The van der Waals surface area contributed by atoms with Gasteiger partial charge in [-0.05, 0) is 36.4 Å². The molecule has 2 heterocycles. The zero-order chi connectivity index (χ0) is 18.2. The highest BCUT2D eigenvalue weighted by atomic mass is 32.1. The second kappa shape index (κ2) is 9.21. The molecule has 1 aromatic carbocycles. The number of carbonyl (C=O) groups excluding carboxylic acids is 1. The van der Waals surface area contributed by atoms with Crippen LogP contribution < -0.4 is 19.8 Å². The molecular formula is C18H21N3O4S. The van der Waals surface area contributed by atoms with Crippen molar-refractivity contribution in [2.24, 2.45) is 5.10 Å². The minimum Gasteiger partial charge on any atom is -0.497 e. The third kappa shape index (κ3) is 5.21. The fraction of sp³-hybridized carbons (Fsp3) is 0.333. The van der Waals surface area contributed by atoms with Crippen LogP contribution in [-0.2, 0) is 9.53 Å². The molecule has 0 atom stereocenters. The zero-order valence-electron chi connectivity index (χ0n) is 14.5. The molecule has 138 valence electrons. The van der Waals surface area contributed by atoms with Crippen LogP contribution in [0.3, 0.4) is 0 Å². The third-order valence-corrected chi connectivity index (χ3v) is 4.83. The Morgan fingerprint density at radius 1 is 1.23 bits per heavy atom. The Balaban J connectivity index is 1.42. The molecule has 0 spiro atoms. The molecule has 2 aromatic rings. The first kappa shape index (κ1) is 18.2. The van der Waals surface area contributed by atoms with Gasteiger partial charge in [-0.2, -0.15) is 5.10 Å². The molecule has 1 aliphatic heterocycles. The first-order valence-electron chi connectivity index (χ1n) is 8.26. The third-order valence-electron chi connectivity index (χ3n) is 3.75. The van der Waals surface area contributed by atoms with Gasteiger partial charge in [0.05, 0.1) is 31.5 Å². The quantitative estimate of drug-likeness (QED) is 0.593. The normalized spacial score (nSPS) is 14.4. The van der Waals surface area contributed by atoms with Gasteiger partial charge in [0.2, 0.25) is 0 Å². The van der Waals surface area contributed by atoms with Gasteiger partial charge in [-0.25, -0.2) is 5.43 Å². The van der Waals surface area contributed by atoms with Crippen LogP contribution in [-0.4, -0.2) is 52.1 Å². The summed E-state index contributed by atoms with van der Waals surface area (Å²) in [5.74, 6) is 1.01. The molecule has 1 N–H and O–H groups in total. The van der Waals surface area contributed by atoms with Gasteiger partial charge in [-0.15, -0.1) is 11.3 Å². The number of hydrogen-bond acceptors (Lipinski definition) is 7. The maximum atomic E-state index is 11.8. The van der Waals surface area contributed by atoms with Gasteiger partial charge in [0.15, 0.2) is 6.61 Å². The number of nitrogens with one attached hydrogen (secondary N) is 1. The number of anilines is 1. The average molecular weight is 375 g/mol. The van der Waals surface area contributed by atoms with Crippen LogP contribution in [0.1, 0.15) is 4.88 Å². The Kier molecular flexibility index (Phi) is 6.45. The lowest BCUT2D eigenvalue weighted by atomic mass is 10.3. The molecule has 1 fully saturated rings. The largest absolute Gasteiger partial charge is 0.497 e. The van der Waals surface area contributed by atoms with E-state index in [0.29, 0.717) is 5.75 Å². The summed E-state index contributed by atoms with van der Waals surface area (Å²) in [6.45, 7) is 3.21.